The number of rotatable bonds is 4. The minimum atomic E-state index is -0.170. The van der Waals surface area contributed by atoms with Crippen molar-refractivity contribution in [3.05, 3.63) is 48.0 Å². The van der Waals surface area contributed by atoms with Gasteiger partial charge in [-0.1, -0.05) is 36.4 Å². The highest BCUT2D eigenvalue weighted by atomic mass is 16.2. The maximum absolute atomic E-state index is 13.1. The number of carbonyl (C=O) groups is 3. The number of amides is 2. The van der Waals surface area contributed by atoms with Crippen LogP contribution in [0.2, 0.25) is 0 Å². The first-order valence-electron chi connectivity index (χ1n) is 10.2. The van der Waals surface area contributed by atoms with E-state index in [0.717, 1.165) is 36.5 Å². The fourth-order valence-corrected chi connectivity index (χ4v) is 4.29. The number of benzene rings is 2. The molecule has 0 radical (unpaired) electrons. The molecule has 2 aliphatic rings. The van der Waals surface area contributed by atoms with Gasteiger partial charge in [0.05, 0.1) is 6.54 Å². The molecular formula is C23H26N2O3. The van der Waals surface area contributed by atoms with E-state index in [2.05, 4.69) is 0 Å². The Kier molecular flexibility index (Phi) is 5.42. The molecule has 4 rings (SSSR count). The zero-order valence-corrected chi connectivity index (χ0v) is 16.1. The van der Waals surface area contributed by atoms with Gasteiger partial charge in [0.1, 0.15) is 0 Å². The van der Waals surface area contributed by atoms with Crippen LogP contribution in [0.4, 0.5) is 0 Å². The normalized spacial score (nSPS) is 20.4. The van der Waals surface area contributed by atoms with Crippen LogP contribution in [-0.2, 0) is 9.59 Å². The first-order chi connectivity index (χ1) is 13.6. The highest BCUT2D eigenvalue weighted by Crippen LogP contribution is 2.24. The van der Waals surface area contributed by atoms with Crippen molar-refractivity contribution in [2.75, 3.05) is 26.2 Å². The molecular weight excluding hydrogens is 352 g/mol. The minimum absolute atomic E-state index is 0.0359. The summed E-state index contributed by atoms with van der Waals surface area (Å²) in [7, 11) is 0. The first-order valence-corrected chi connectivity index (χ1v) is 10.2. The summed E-state index contributed by atoms with van der Waals surface area (Å²) in [5.41, 5.74) is 0.712. The van der Waals surface area contributed by atoms with Crippen LogP contribution in [0, 0.1) is 5.92 Å². The summed E-state index contributed by atoms with van der Waals surface area (Å²) in [5, 5.41) is 2.17. The van der Waals surface area contributed by atoms with E-state index in [9.17, 15) is 14.4 Å². The van der Waals surface area contributed by atoms with Crippen molar-refractivity contribution in [3.8, 4) is 0 Å². The Bertz CT molecular complexity index is 908. The molecule has 2 saturated heterocycles. The van der Waals surface area contributed by atoms with Gasteiger partial charge in [-0.2, -0.15) is 0 Å². The van der Waals surface area contributed by atoms with Crippen LogP contribution in [0.15, 0.2) is 42.5 Å². The van der Waals surface area contributed by atoms with E-state index in [1.807, 2.05) is 42.5 Å². The van der Waals surface area contributed by atoms with Gasteiger partial charge >= 0.3 is 0 Å². The molecule has 0 saturated carbocycles. The van der Waals surface area contributed by atoms with E-state index in [1.54, 1.807) is 9.80 Å². The maximum Gasteiger partial charge on any atom is 0.242 e. The highest BCUT2D eigenvalue weighted by Gasteiger charge is 2.30. The summed E-state index contributed by atoms with van der Waals surface area (Å²) >= 11 is 0. The molecule has 0 aromatic heterocycles. The van der Waals surface area contributed by atoms with Gasteiger partial charge in [0.15, 0.2) is 5.78 Å². The Balaban J connectivity index is 1.42. The van der Waals surface area contributed by atoms with Gasteiger partial charge in [0, 0.05) is 37.5 Å². The van der Waals surface area contributed by atoms with E-state index >= 15 is 0 Å². The van der Waals surface area contributed by atoms with Gasteiger partial charge in [-0.25, -0.2) is 0 Å². The van der Waals surface area contributed by atoms with E-state index in [1.165, 1.54) is 0 Å². The molecule has 0 spiro atoms. The average Bonchev–Trinajstić information content (AvgIpc) is 2.74. The summed E-state index contributed by atoms with van der Waals surface area (Å²) in [6.07, 6.45) is 4.04. The van der Waals surface area contributed by atoms with Crippen LogP contribution < -0.4 is 0 Å². The summed E-state index contributed by atoms with van der Waals surface area (Å²) in [5.74, 6) is -0.0279. The number of carbonyl (C=O) groups excluding carboxylic acids is 3. The fraction of sp³-hybridized carbons (Fsp3) is 0.435. The predicted molar refractivity (Wildman–Crippen MR) is 108 cm³/mol. The molecule has 5 nitrogen and oxygen atoms in total. The lowest BCUT2D eigenvalue weighted by atomic mass is 9.89. The third-order valence-corrected chi connectivity index (χ3v) is 5.93. The quantitative estimate of drug-likeness (QED) is 0.767. The molecule has 2 aromatic carbocycles. The van der Waals surface area contributed by atoms with Crippen LogP contribution in [0.3, 0.4) is 0 Å². The van der Waals surface area contributed by atoms with Crippen LogP contribution >= 0.6 is 0 Å². The summed E-state index contributed by atoms with van der Waals surface area (Å²) < 4.78 is 0. The lowest BCUT2D eigenvalue weighted by molar-refractivity contribution is -0.142. The number of fused-ring (bicyclic) bond motifs is 1. The highest BCUT2D eigenvalue weighted by molar-refractivity contribution is 6.01. The second-order valence-electron chi connectivity index (χ2n) is 7.88. The monoisotopic (exact) mass is 378 g/mol. The van der Waals surface area contributed by atoms with Crippen molar-refractivity contribution in [1.82, 2.24) is 9.80 Å². The Morgan fingerprint density at radius 1 is 0.964 bits per heavy atom. The number of hydrogen-bond acceptors (Lipinski definition) is 3. The minimum Gasteiger partial charge on any atom is -0.340 e. The van der Waals surface area contributed by atoms with E-state index in [-0.39, 0.29) is 30.1 Å². The molecule has 2 aromatic rings. The molecule has 0 unspecified atom stereocenters. The standard InChI is InChI=1S/C23H26N2O3/c26-21-9-3-4-12-25(21)16-22(27)24-13-5-8-20(15-24)23(28)19-11-10-17-6-1-2-7-18(17)14-19/h1-2,6-7,10-11,14,20H,3-5,8-9,12-13,15-16H2/t20-/m0/s1. The van der Waals surface area contributed by atoms with Gasteiger partial charge in [-0.3, -0.25) is 14.4 Å². The van der Waals surface area contributed by atoms with Crippen molar-refractivity contribution in [3.63, 3.8) is 0 Å². The number of Topliss-reactive ketones (excluding diaryl/α,β-unsaturated/α-hetero) is 1. The van der Waals surface area contributed by atoms with Crippen LogP contribution in [-0.4, -0.2) is 53.6 Å². The summed E-state index contributed by atoms with van der Waals surface area (Å²) in [6, 6.07) is 13.8. The molecule has 2 aliphatic heterocycles. The number of nitrogens with zero attached hydrogens (tertiary/aromatic N) is 2. The molecule has 2 amide bonds. The molecule has 2 heterocycles. The second-order valence-corrected chi connectivity index (χ2v) is 7.88. The summed E-state index contributed by atoms with van der Waals surface area (Å²) in [6.45, 7) is 1.93. The van der Waals surface area contributed by atoms with Crippen LogP contribution in [0.25, 0.3) is 10.8 Å². The zero-order valence-electron chi connectivity index (χ0n) is 16.1. The number of piperidine rings is 2. The van der Waals surface area contributed by atoms with Crippen molar-refractivity contribution in [2.24, 2.45) is 5.92 Å². The zero-order chi connectivity index (χ0) is 19.5. The average molecular weight is 378 g/mol. The molecule has 1 atom stereocenters. The van der Waals surface area contributed by atoms with Crippen molar-refractivity contribution in [2.45, 2.75) is 32.1 Å². The van der Waals surface area contributed by atoms with Gasteiger partial charge in [-0.15, -0.1) is 0 Å². The third-order valence-electron chi connectivity index (χ3n) is 5.93. The molecule has 5 heteroatoms. The molecule has 0 bridgehead atoms. The lowest BCUT2D eigenvalue weighted by Crippen LogP contribution is -2.48. The summed E-state index contributed by atoms with van der Waals surface area (Å²) in [4.78, 5) is 41.2. The van der Waals surface area contributed by atoms with Crippen LogP contribution in [0.5, 0.6) is 0 Å². The van der Waals surface area contributed by atoms with E-state index < -0.39 is 0 Å². The smallest absolute Gasteiger partial charge is 0.242 e. The molecule has 0 N–H and O–H groups in total. The predicted octanol–water partition coefficient (Wildman–Crippen LogP) is 3.27. The van der Waals surface area contributed by atoms with Gasteiger partial charge in [0.25, 0.3) is 0 Å². The van der Waals surface area contributed by atoms with Crippen LogP contribution in [0.1, 0.15) is 42.5 Å². The van der Waals surface area contributed by atoms with E-state index in [4.69, 9.17) is 0 Å². The maximum atomic E-state index is 13.1. The van der Waals surface area contributed by atoms with Gasteiger partial charge < -0.3 is 9.80 Å². The van der Waals surface area contributed by atoms with Crippen molar-refractivity contribution in [1.29, 1.82) is 0 Å². The first kappa shape index (κ1) is 18.7. The number of hydrogen-bond donors (Lipinski definition) is 0. The topological polar surface area (TPSA) is 57.7 Å². The fourth-order valence-electron chi connectivity index (χ4n) is 4.29. The second kappa shape index (κ2) is 8.13. The van der Waals surface area contributed by atoms with Crippen molar-refractivity contribution >= 4 is 28.4 Å². The van der Waals surface area contributed by atoms with E-state index in [0.29, 0.717) is 31.6 Å². The number of likely N-dealkylation sites (tertiary alicyclic amines) is 2. The molecule has 0 aliphatic carbocycles. The van der Waals surface area contributed by atoms with Gasteiger partial charge in [0.2, 0.25) is 11.8 Å². The van der Waals surface area contributed by atoms with Crippen molar-refractivity contribution < 1.29 is 14.4 Å². The SMILES string of the molecule is O=C(c1ccc2ccccc2c1)[C@H]1CCCN(C(=O)CN2CCCCC2=O)C1. The Morgan fingerprint density at radius 3 is 2.61 bits per heavy atom. The molecule has 146 valence electrons. The Labute approximate surface area is 165 Å². The number of ketones is 1. The largest absolute Gasteiger partial charge is 0.340 e. The Morgan fingerprint density at radius 2 is 1.79 bits per heavy atom. The third kappa shape index (κ3) is 3.93. The van der Waals surface area contributed by atoms with Gasteiger partial charge in [-0.05, 0) is 42.5 Å². The lowest BCUT2D eigenvalue weighted by Gasteiger charge is -2.34. The molecule has 28 heavy (non-hydrogen) atoms. The molecule has 2 fully saturated rings. The Hall–Kier alpha value is -2.69.